The van der Waals surface area contributed by atoms with Crippen LogP contribution in [0.2, 0.25) is 0 Å². The summed E-state index contributed by atoms with van der Waals surface area (Å²) in [4.78, 5) is 27.0. The molecule has 0 spiro atoms. The number of nitrogens with zero attached hydrogens (tertiary/aromatic N) is 3. The second-order valence-electron chi connectivity index (χ2n) is 10.6. The topological polar surface area (TPSA) is 90.0 Å². The van der Waals surface area contributed by atoms with Gasteiger partial charge in [-0.2, -0.15) is 0 Å². The van der Waals surface area contributed by atoms with Gasteiger partial charge < -0.3 is 18.9 Å². The molecule has 0 fully saturated rings. The largest absolute Gasteiger partial charge is 0.483 e. The lowest BCUT2D eigenvalue weighted by Gasteiger charge is -2.21. The van der Waals surface area contributed by atoms with Crippen LogP contribution in [0.4, 0.5) is 0 Å². The van der Waals surface area contributed by atoms with Crippen LogP contribution in [0, 0.1) is 0 Å². The zero-order valence-electron chi connectivity index (χ0n) is 27.4. The third-order valence-corrected chi connectivity index (χ3v) is 8.20. The molecule has 0 saturated heterocycles. The van der Waals surface area contributed by atoms with Gasteiger partial charge in [-0.05, 0) is 68.5 Å². The van der Waals surface area contributed by atoms with Crippen molar-refractivity contribution in [2.45, 2.75) is 72.1 Å². The number of methoxy groups -OCH3 is 1. The zero-order chi connectivity index (χ0) is 31.9. The van der Waals surface area contributed by atoms with Gasteiger partial charge in [0.05, 0.1) is 18.4 Å². The van der Waals surface area contributed by atoms with Gasteiger partial charge in [0.1, 0.15) is 5.75 Å². The molecular formula is C34H52N4O4S. The van der Waals surface area contributed by atoms with E-state index in [9.17, 15) is 9.59 Å². The van der Waals surface area contributed by atoms with Crippen LogP contribution < -0.4 is 9.88 Å². The van der Waals surface area contributed by atoms with Crippen molar-refractivity contribution in [3.8, 4) is 17.0 Å². The number of ether oxygens (including phenoxy) is 2. The molecule has 1 amide bonds. The first kappa shape index (κ1) is 36.2. The lowest BCUT2D eigenvalue weighted by atomic mass is 9.86. The van der Waals surface area contributed by atoms with Gasteiger partial charge in [0.15, 0.2) is 6.61 Å². The Morgan fingerprint density at radius 1 is 1.00 bits per heavy atom. The smallest absolute Gasteiger partial charge is 0.337 e. The molecule has 0 atom stereocenters. The highest BCUT2D eigenvalue weighted by Gasteiger charge is 2.26. The summed E-state index contributed by atoms with van der Waals surface area (Å²) in [5.41, 5.74) is 4.76. The average Bonchev–Trinajstić information content (AvgIpc) is 3.33. The van der Waals surface area contributed by atoms with Crippen LogP contribution in [0.5, 0.6) is 5.75 Å². The van der Waals surface area contributed by atoms with E-state index in [1.807, 2.05) is 75.7 Å². The predicted octanol–water partition coefficient (Wildman–Crippen LogP) is 7.41. The SMILES string of the molecule is CC.CCCC(CCC)c1c(-c2ccccc2OCC(=O)N(C)CCCCN(C)SN)n(C)c2cc(C(=O)OC)ccc12. The van der Waals surface area contributed by atoms with E-state index < -0.39 is 0 Å². The maximum absolute atomic E-state index is 12.9. The van der Waals surface area contributed by atoms with Crippen LogP contribution in [0.1, 0.15) is 88.1 Å². The van der Waals surface area contributed by atoms with Gasteiger partial charge >= 0.3 is 5.97 Å². The van der Waals surface area contributed by atoms with E-state index in [1.165, 1.54) is 24.8 Å². The molecule has 0 radical (unpaired) electrons. The number of fused-ring (bicyclic) bond motifs is 1. The molecule has 0 aliphatic rings. The van der Waals surface area contributed by atoms with Crippen molar-refractivity contribution < 1.29 is 19.1 Å². The number of benzene rings is 2. The number of carbonyl (C=O) groups excluding carboxylic acids is 2. The molecule has 1 aromatic heterocycles. The Bertz CT molecular complexity index is 1300. The van der Waals surface area contributed by atoms with Crippen molar-refractivity contribution in [3.63, 3.8) is 0 Å². The fraction of sp³-hybridized carbons (Fsp3) is 0.529. The number of rotatable bonds is 16. The molecule has 0 saturated carbocycles. The normalized spacial score (nSPS) is 11.0. The Morgan fingerprint density at radius 3 is 2.28 bits per heavy atom. The Hall–Kier alpha value is -3.01. The molecule has 238 valence electrons. The summed E-state index contributed by atoms with van der Waals surface area (Å²) in [6.45, 7) is 9.94. The quantitative estimate of drug-likeness (QED) is 0.102. The summed E-state index contributed by atoms with van der Waals surface area (Å²) < 4.78 is 15.3. The van der Waals surface area contributed by atoms with Crippen LogP contribution in [0.15, 0.2) is 42.5 Å². The second-order valence-corrected chi connectivity index (χ2v) is 11.4. The van der Waals surface area contributed by atoms with Crippen LogP contribution in [-0.2, 0) is 16.6 Å². The van der Waals surface area contributed by atoms with Crippen molar-refractivity contribution in [2.75, 3.05) is 40.9 Å². The highest BCUT2D eigenvalue weighted by atomic mass is 32.2. The third-order valence-electron chi connectivity index (χ3n) is 7.66. The van der Waals surface area contributed by atoms with Crippen molar-refractivity contribution in [3.05, 3.63) is 53.6 Å². The molecule has 8 nitrogen and oxygen atoms in total. The maximum Gasteiger partial charge on any atom is 0.337 e. The first-order valence-corrected chi connectivity index (χ1v) is 16.4. The number of nitrogens with two attached hydrogens (primary N) is 1. The number of amides is 1. The molecule has 0 aliphatic heterocycles. The highest BCUT2D eigenvalue weighted by Crippen LogP contribution is 2.44. The van der Waals surface area contributed by atoms with E-state index in [1.54, 1.807) is 4.90 Å². The molecular weight excluding hydrogens is 560 g/mol. The van der Waals surface area contributed by atoms with Crippen LogP contribution >= 0.6 is 12.1 Å². The minimum absolute atomic E-state index is 0.0365. The fourth-order valence-electron chi connectivity index (χ4n) is 5.48. The Labute approximate surface area is 263 Å². The molecule has 1 heterocycles. The Morgan fingerprint density at radius 2 is 1.65 bits per heavy atom. The molecule has 0 aliphatic carbocycles. The van der Waals surface area contributed by atoms with Gasteiger partial charge in [0.2, 0.25) is 0 Å². The van der Waals surface area contributed by atoms with Gasteiger partial charge in [-0.15, -0.1) is 0 Å². The van der Waals surface area contributed by atoms with Crippen LogP contribution in [0.25, 0.3) is 22.2 Å². The third kappa shape index (κ3) is 9.49. The van der Waals surface area contributed by atoms with Crippen molar-refractivity contribution >= 4 is 34.9 Å². The zero-order valence-corrected chi connectivity index (χ0v) is 28.3. The van der Waals surface area contributed by atoms with E-state index in [4.69, 9.17) is 14.6 Å². The minimum atomic E-state index is -0.355. The first-order chi connectivity index (χ1) is 20.8. The summed E-state index contributed by atoms with van der Waals surface area (Å²) in [7, 11) is 7.21. The molecule has 3 rings (SSSR count). The maximum atomic E-state index is 12.9. The Balaban J connectivity index is 0.00000316. The number of aromatic nitrogens is 1. The number of hydrogen-bond acceptors (Lipinski definition) is 7. The molecule has 43 heavy (non-hydrogen) atoms. The van der Waals surface area contributed by atoms with E-state index in [-0.39, 0.29) is 18.5 Å². The van der Waals surface area contributed by atoms with Crippen molar-refractivity contribution in [1.29, 1.82) is 0 Å². The summed E-state index contributed by atoms with van der Waals surface area (Å²) in [6.07, 6.45) is 6.12. The lowest BCUT2D eigenvalue weighted by molar-refractivity contribution is -0.132. The lowest BCUT2D eigenvalue weighted by Crippen LogP contribution is -2.32. The van der Waals surface area contributed by atoms with Gasteiger partial charge in [0.25, 0.3) is 5.91 Å². The molecule has 2 aromatic carbocycles. The molecule has 2 N–H and O–H groups in total. The fourth-order valence-corrected chi connectivity index (χ4v) is 5.71. The Kier molecular flexibility index (Phi) is 15.7. The van der Waals surface area contributed by atoms with Gasteiger partial charge in [0, 0.05) is 55.8 Å². The monoisotopic (exact) mass is 612 g/mol. The number of carbonyl (C=O) groups is 2. The minimum Gasteiger partial charge on any atom is -0.483 e. The number of unbranched alkanes of at least 4 members (excludes halogenated alkanes) is 1. The summed E-state index contributed by atoms with van der Waals surface area (Å²) in [5, 5.41) is 6.69. The van der Waals surface area contributed by atoms with E-state index >= 15 is 0 Å². The molecule has 0 unspecified atom stereocenters. The predicted molar refractivity (Wildman–Crippen MR) is 180 cm³/mol. The number of aryl methyl sites for hydroxylation is 1. The molecule has 9 heteroatoms. The van der Waals surface area contributed by atoms with Crippen molar-refractivity contribution in [2.24, 2.45) is 12.2 Å². The number of likely N-dealkylation sites (N-methyl/N-ethyl adjacent to an activating group) is 1. The van der Waals surface area contributed by atoms with Crippen LogP contribution in [0.3, 0.4) is 0 Å². The number of para-hydroxylation sites is 1. The molecule has 0 bridgehead atoms. The van der Waals surface area contributed by atoms with Crippen LogP contribution in [-0.4, -0.2) is 66.6 Å². The molecule has 3 aromatic rings. The second kappa shape index (κ2) is 18.6. The summed E-state index contributed by atoms with van der Waals surface area (Å²) in [6, 6.07) is 13.7. The standard InChI is InChI=1S/C32H46N4O4S.C2H6/c1-7-13-23(14-8-2)30-25-18-17-24(32(38)39-6)21-27(25)36(5)31(30)26-15-9-10-16-28(26)40-22-29(37)34(3)19-11-12-20-35(4)41-33;1-2/h9-10,15-18,21,23H,7-8,11-14,19-20,22,33H2,1-6H3;1-2H3. The van der Waals surface area contributed by atoms with Gasteiger partial charge in [-0.1, -0.05) is 58.7 Å². The van der Waals surface area contributed by atoms with Gasteiger partial charge in [-0.3, -0.25) is 9.93 Å². The summed E-state index contributed by atoms with van der Waals surface area (Å²) in [5.74, 6) is 0.607. The number of hydrogen-bond donors (Lipinski definition) is 1. The first-order valence-electron chi connectivity index (χ1n) is 15.5. The summed E-state index contributed by atoms with van der Waals surface area (Å²) >= 11 is 1.22. The highest BCUT2D eigenvalue weighted by molar-refractivity contribution is 7.94. The van der Waals surface area contributed by atoms with Gasteiger partial charge in [-0.25, -0.2) is 9.10 Å². The van der Waals surface area contributed by atoms with E-state index in [2.05, 4.69) is 24.5 Å². The van der Waals surface area contributed by atoms with E-state index in [0.29, 0.717) is 23.8 Å². The number of esters is 1. The average molecular weight is 613 g/mol. The van der Waals surface area contributed by atoms with Crippen molar-refractivity contribution in [1.82, 2.24) is 13.8 Å². The van der Waals surface area contributed by atoms with E-state index in [0.717, 1.165) is 67.2 Å².